The number of carbonyl (C=O) groups is 1. The first-order valence-corrected chi connectivity index (χ1v) is 6.31. The summed E-state index contributed by atoms with van der Waals surface area (Å²) in [4.78, 5) is 11.7. The third kappa shape index (κ3) is 4.75. The van der Waals surface area contributed by atoms with Gasteiger partial charge in [-0.3, -0.25) is 4.79 Å². The maximum absolute atomic E-state index is 11.7. The van der Waals surface area contributed by atoms with Gasteiger partial charge in [-0.1, -0.05) is 32.0 Å². The molecule has 4 N–H and O–H groups in total. The maximum atomic E-state index is 11.7. The molecule has 1 rings (SSSR count). The number of hydrogen-bond acceptors (Lipinski definition) is 3. The number of benzene rings is 1. The molecule has 0 saturated carbocycles. The Hall–Kier alpha value is -1.55. The zero-order valence-electron chi connectivity index (χ0n) is 11.0. The van der Waals surface area contributed by atoms with E-state index in [1.54, 1.807) is 12.1 Å². The molecule has 0 aromatic heterocycles. The van der Waals surface area contributed by atoms with Crippen LogP contribution in [0.15, 0.2) is 24.3 Å². The molecule has 0 aliphatic heterocycles. The third-order valence-corrected chi connectivity index (χ3v) is 2.75. The number of phenols is 1. The molecule has 0 unspecified atom stereocenters. The number of amides is 1. The van der Waals surface area contributed by atoms with Gasteiger partial charge in [-0.25, -0.2) is 0 Å². The van der Waals surface area contributed by atoms with Crippen molar-refractivity contribution in [2.75, 3.05) is 6.54 Å². The number of aromatic hydroxyl groups is 1. The Morgan fingerprint density at radius 2 is 2.06 bits per heavy atom. The van der Waals surface area contributed by atoms with Gasteiger partial charge in [-0.2, -0.15) is 0 Å². The maximum Gasteiger partial charge on any atom is 0.236 e. The molecule has 4 nitrogen and oxygen atoms in total. The van der Waals surface area contributed by atoms with Gasteiger partial charge in [0, 0.05) is 6.54 Å². The number of phenolic OH excluding ortho intramolecular Hbond substituents is 1. The summed E-state index contributed by atoms with van der Waals surface area (Å²) < 4.78 is 0. The highest BCUT2D eigenvalue weighted by atomic mass is 16.3. The number of carbonyl (C=O) groups excluding carboxylic acids is 1. The Morgan fingerprint density at radius 3 is 2.67 bits per heavy atom. The lowest BCUT2D eigenvalue weighted by Gasteiger charge is -2.14. The van der Waals surface area contributed by atoms with E-state index in [2.05, 4.69) is 5.32 Å². The number of nitrogens with one attached hydrogen (secondary N) is 1. The molecule has 0 radical (unpaired) electrons. The van der Waals surface area contributed by atoms with Gasteiger partial charge in [-0.05, 0) is 30.4 Å². The Balaban J connectivity index is 2.34. The largest absolute Gasteiger partial charge is 0.508 e. The second kappa shape index (κ2) is 7.01. The first-order chi connectivity index (χ1) is 8.50. The predicted octanol–water partition coefficient (Wildman–Crippen LogP) is 1.42. The van der Waals surface area contributed by atoms with Gasteiger partial charge in [0.2, 0.25) is 5.91 Å². The van der Waals surface area contributed by atoms with E-state index < -0.39 is 6.04 Å². The summed E-state index contributed by atoms with van der Waals surface area (Å²) in [7, 11) is 0. The highest BCUT2D eigenvalue weighted by molar-refractivity contribution is 5.81. The van der Waals surface area contributed by atoms with E-state index in [1.165, 1.54) is 0 Å². The van der Waals surface area contributed by atoms with Crippen LogP contribution in [0.25, 0.3) is 0 Å². The highest BCUT2D eigenvalue weighted by Crippen LogP contribution is 2.15. The summed E-state index contributed by atoms with van der Waals surface area (Å²) >= 11 is 0. The number of para-hydroxylation sites is 1. The molecule has 1 aromatic carbocycles. The molecule has 1 aromatic rings. The Kier molecular flexibility index (Phi) is 5.65. The second-order valence-electron chi connectivity index (χ2n) is 4.91. The smallest absolute Gasteiger partial charge is 0.236 e. The normalized spacial score (nSPS) is 12.4. The zero-order valence-corrected chi connectivity index (χ0v) is 11.0. The molecule has 0 spiro atoms. The topological polar surface area (TPSA) is 75.4 Å². The number of rotatable bonds is 6. The molecule has 0 bridgehead atoms. The monoisotopic (exact) mass is 250 g/mol. The molecule has 0 heterocycles. The fourth-order valence-corrected chi connectivity index (χ4v) is 1.79. The van der Waals surface area contributed by atoms with Crippen molar-refractivity contribution in [2.24, 2.45) is 11.7 Å². The van der Waals surface area contributed by atoms with Gasteiger partial charge >= 0.3 is 0 Å². The molecule has 100 valence electrons. The van der Waals surface area contributed by atoms with Crippen LogP contribution in [-0.2, 0) is 11.2 Å². The molecule has 0 saturated heterocycles. The van der Waals surface area contributed by atoms with Crippen LogP contribution in [0.1, 0.15) is 25.8 Å². The second-order valence-corrected chi connectivity index (χ2v) is 4.91. The lowest BCUT2D eigenvalue weighted by atomic mass is 10.0. The van der Waals surface area contributed by atoms with Gasteiger partial charge in [0.05, 0.1) is 6.04 Å². The van der Waals surface area contributed by atoms with Gasteiger partial charge in [0.25, 0.3) is 0 Å². The van der Waals surface area contributed by atoms with Crippen molar-refractivity contribution in [3.63, 3.8) is 0 Å². The van der Waals surface area contributed by atoms with Crippen LogP contribution in [-0.4, -0.2) is 23.6 Å². The van der Waals surface area contributed by atoms with E-state index in [1.807, 2.05) is 26.0 Å². The molecular weight excluding hydrogens is 228 g/mol. The molecule has 4 heteroatoms. The lowest BCUT2D eigenvalue weighted by molar-refractivity contribution is -0.122. The van der Waals surface area contributed by atoms with Crippen LogP contribution in [0.2, 0.25) is 0 Å². The average molecular weight is 250 g/mol. The van der Waals surface area contributed by atoms with Gasteiger partial charge in [-0.15, -0.1) is 0 Å². The molecule has 0 fully saturated rings. The van der Waals surface area contributed by atoms with E-state index in [-0.39, 0.29) is 11.7 Å². The Labute approximate surface area is 108 Å². The lowest BCUT2D eigenvalue weighted by Crippen LogP contribution is -2.42. The molecular formula is C14H22N2O2. The highest BCUT2D eigenvalue weighted by Gasteiger charge is 2.14. The van der Waals surface area contributed by atoms with Gasteiger partial charge in [0.1, 0.15) is 5.75 Å². The van der Waals surface area contributed by atoms with Crippen molar-refractivity contribution < 1.29 is 9.90 Å². The minimum absolute atomic E-state index is 0.126. The van der Waals surface area contributed by atoms with E-state index in [0.717, 1.165) is 5.56 Å². The summed E-state index contributed by atoms with van der Waals surface area (Å²) in [5.74, 6) is 0.543. The van der Waals surface area contributed by atoms with E-state index in [9.17, 15) is 9.90 Å². The van der Waals surface area contributed by atoms with Crippen LogP contribution in [0.3, 0.4) is 0 Å². The predicted molar refractivity (Wildman–Crippen MR) is 72.3 cm³/mol. The van der Waals surface area contributed by atoms with Crippen LogP contribution in [0, 0.1) is 5.92 Å². The molecule has 0 aliphatic rings. The fraction of sp³-hybridized carbons (Fsp3) is 0.500. The van der Waals surface area contributed by atoms with Gasteiger partial charge in [0.15, 0.2) is 0 Å². The van der Waals surface area contributed by atoms with Gasteiger partial charge < -0.3 is 16.2 Å². The molecule has 18 heavy (non-hydrogen) atoms. The van der Waals surface area contributed by atoms with E-state index in [0.29, 0.717) is 25.3 Å². The van der Waals surface area contributed by atoms with Crippen LogP contribution >= 0.6 is 0 Å². The first kappa shape index (κ1) is 14.5. The third-order valence-electron chi connectivity index (χ3n) is 2.75. The van der Waals surface area contributed by atoms with Crippen molar-refractivity contribution in [3.8, 4) is 5.75 Å². The number of hydrogen-bond donors (Lipinski definition) is 3. The number of nitrogens with two attached hydrogens (primary N) is 1. The quantitative estimate of drug-likeness (QED) is 0.715. The molecule has 1 atom stereocenters. The molecule has 0 aliphatic carbocycles. The minimum Gasteiger partial charge on any atom is -0.508 e. The van der Waals surface area contributed by atoms with E-state index in [4.69, 9.17) is 5.73 Å². The summed E-state index contributed by atoms with van der Waals surface area (Å²) in [6, 6.07) is 6.67. The average Bonchev–Trinajstić information content (AvgIpc) is 2.30. The fourth-order valence-electron chi connectivity index (χ4n) is 1.79. The molecule has 1 amide bonds. The van der Waals surface area contributed by atoms with Crippen molar-refractivity contribution >= 4 is 5.91 Å². The standard InChI is InChI=1S/C14H22N2O2/c1-10(2)9-12(15)14(18)16-8-7-11-5-3-4-6-13(11)17/h3-6,10,12,17H,7-9,15H2,1-2H3,(H,16,18)/t12-/m0/s1. The van der Waals surface area contributed by atoms with Crippen LogP contribution in [0.4, 0.5) is 0 Å². The first-order valence-electron chi connectivity index (χ1n) is 6.31. The minimum atomic E-state index is -0.450. The van der Waals surface area contributed by atoms with Crippen molar-refractivity contribution in [1.29, 1.82) is 0 Å². The Morgan fingerprint density at radius 1 is 1.39 bits per heavy atom. The SMILES string of the molecule is CC(C)C[C@H](N)C(=O)NCCc1ccccc1O. The summed E-state index contributed by atoms with van der Waals surface area (Å²) in [5.41, 5.74) is 6.60. The van der Waals surface area contributed by atoms with Crippen molar-refractivity contribution in [1.82, 2.24) is 5.32 Å². The van der Waals surface area contributed by atoms with Crippen molar-refractivity contribution in [3.05, 3.63) is 29.8 Å². The van der Waals surface area contributed by atoms with Crippen molar-refractivity contribution in [2.45, 2.75) is 32.7 Å². The van der Waals surface area contributed by atoms with Crippen LogP contribution in [0.5, 0.6) is 5.75 Å². The Bertz CT molecular complexity index is 391. The zero-order chi connectivity index (χ0) is 13.5. The van der Waals surface area contributed by atoms with E-state index >= 15 is 0 Å². The summed E-state index contributed by atoms with van der Waals surface area (Å²) in [5, 5.41) is 12.4. The van der Waals surface area contributed by atoms with Crippen LogP contribution < -0.4 is 11.1 Å². The summed E-state index contributed by atoms with van der Waals surface area (Å²) in [6.45, 7) is 4.56. The summed E-state index contributed by atoms with van der Waals surface area (Å²) in [6.07, 6.45) is 1.29.